The number of hydrogen-bond donors (Lipinski definition) is 2. The van der Waals surface area contributed by atoms with Gasteiger partial charge in [-0.25, -0.2) is 4.79 Å². The van der Waals surface area contributed by atoms with Crippen LogP contribution in [0.25, 0.3) is 0 Å². The first-order valence-electron chi connectivity index (χ1n) is 9.02. The van der Waals surface area contributed by atoms with Crippen LogP contribution >= 0.6 is 0 Å². The number of methoxy groups -OCH3 is 1. The summed E-state index contributed by atoms with van der Waals surface area (Å²) in [6.45, 7) is 4.37. The van der Waals surface area contributed by atoms with Crippen molar-refractivity contribution in [3.63, 3.8) is 0 Å². The molecule has 1 saturated heterocycles. The summed E-state index contributed by atoms with van der Waals surface area (Å²) in [7, 11) is 1.52. The Morgan fingerprint density at radius 3 is 2.75 bits per heavy atom. The Kier molecular flexibility index (Phi) is 7.22. The maximum Gasteiger partial charge on any atom is 0.317 e. The van der Waals surface area contributed by atoms with E-state index in [0.29, 0.717) is 12.3 Å². The van der Waals surface area contributed by atoms with Crippen LogP contribution in [0.3, 0.4) is 0 Å². The minimum Gasteiger partial charge on any atom is -0.504 e. The maximum absolute atomic E-state index is 12.3. The number of hydrogen-bond acceptors (Lipinski definition) is 3. The summed E-state index contributed by atoms with van der Waals surface area (Å²) in [6.07, 6.45) is 7.43. The monoisotopic (exact) mass is 334 g/mol. The maximum atomic E-state index is 12.3. The fraction of sp³-hybridized carbons (Fsp3) is 0.632. The van der Waals surface area contributed by atoms with Gasteiger partial charge in [0.15, 0.2) is 11.5 Å². The van der Waals surface area contributed by atoms with E-state index in [0.717, 1.165) is 37.4 Å². The van der Waals surface area contributed by atoms with Crippen molar-refractivity contribution < 1.29 is 14.6 Å². The molecule has 5 heteroatoms. The third-order valence-corrected chi connectivity index (χ3v) is 4.81. The predicted molar refractivity (Wildman–Crippen MR) is 95.3 cm³/mol. The molecule has 2 amide bonds. The number of phenolic OH excluding ortho intramolecular Hbond substituents is 1. The molecular formula is C19H30N2O3. The third kappa shape index (κ3) is 5.32. The first-order valence-corrected chi connectivity index (χ1v) is 9.02. The van der Waals surface area contributed by atoms with Crippen molar-refractivity contribution in [3.05, 3.63) is 23.8 Å². The lowest BCUT2D eigenvalue weighted by Gasteiger charge is -2.32. The summed E-state index contributed by atoms with van der Waals surface area (Å²) in [6, 6.07) is 5.12. The van der Waals surface area contributed by atoms with E-state index >= 15 is 0 Å². The highest BCUT2D eigenvalue weighted by atomic mass is 16.5. The Bertz CT molecular complexity index is 525. The van der Waals surface area contributed by atoms with Crippen LogP contribution in [0.1, 0.15) is 51.0 Å². The summed E-state index contributed by atoms with van der Waals surface area (Å²) >= 11 is 0. The molecule has 1 heterocycles. The number of phenols is 1. The normalized spacial score (nSPS) is 15.3. The highest BCUT2D eigenvalue weighted by Crippen LogP contribution is 2.26. The predicted octanol–water partition coefficient (Wildman–Crippen LogP) is 3.90. The van der Waals surface area contributed by atoms with Crippen LogP contribution in [0.4, 0.5) is 4.79 Å². The zero-order valence-electron chi connectivity index (χ0n) is 14.9. The van der Waals surface area contributed by atoms with Crippen LogP contribution < -0.4 is 10.1 Å². The smallest absolute Gasteiger partial charge is 0.317 e. The van der Waals surface area contributed by atoms with Gasteiger partial charge in [-0.15, -0.1) is 0 Å². The van der Waals surface area contributed by atoms with E-state index in [2.05, 4.69) is 12.2 Å². The van der Waals surface area contributed by atoms with Crippen LogP contribution in [0, 0.1) is 5.92 Å². The molecule has 2 N–H and O–H groups in total. The first kappa shape index (κ1) is 18.4. The molecule has 1 aromatic rings. The second-order valence-electron chi connectivity index (χ2n) is 6.59. The van der Waals surface area contributed by atoms with Crippen LogP contribution in [-0.4, -0.2) is 36.2 Å². The SMILES string of the molecule is CCCCCC1CCN(C(=O)NCc2ccc(O)c(OC)c2)CC1. The molecule has 0 unspecified atom stereocenters. The molecule has 0 atom stereocenters. The molecule has 1 aliphatic rings. The molecule has 1 aliphatic heterocycles. The molecule has 2 rings (SSSR count). The molecule has 0 spiro atoms. The molecule has 134 valence electrons. The van der Waals surface area contributed by atoms with Gasteiger partial charge in [0.25, 0.3) is 0 Å². The van der Waals surface area contributed by atoms with E-state index in [1.807, 2.05) is 4.90 Å². The number of nitrogens with zero attached hydrogens (tertiary/aromatic N) is 1. The minimum absolute atomic E-state index is 0.00551. The second-order valence-corrected chi connectivity index (χ2v) is 6.59. The van der Waals surface area contributed by atoms with Gasteiger partial charge < -0.3 is 20.1 Å². The molecule has 1 aromatic carbocycles. The van der Waals surface area contributed by atoms with Gasteiger partial charge in [0.05, 0.1) is 7.11 Å². The number of amides is 2. The molecule has 1 fully saturated rings. The average molecular weight is 334 g/mol. The van der Waals surface area contributed by atoms with Crippen molar-refractivity contribution >= 4 is 6.03 Å². The summed E-state index contributed by atoms with van der Waals surface area (Å²) in [5, 5.41) is 12.6. The van der Waals surface area contributed by atoms with E-state index < -0.39 is 0 Å². The number of ether oxygens (including phenoxy) is 1. The Morgan fingerprint density at radius 2 is 2.08 bits per heavy atom. The number of piperidine rings is 1. The zero-order chi connectivity index (χ0) is 17.4. The summed E-state index contributed by atoms with van der Waals surface area (Å²) in [5.41, 5.74) is 0.910. The van der Waals surface area contributed by atoms with Gasteiger partial charge in [-0.05, 0) is 36.5 Å². The van der Waals surface area contributed by atoms with Crippen molar-refractivity contribution in [3.8, 4) is 11.5 Å². The molecular weight excluding hydrogens is 304 g/mol. The van der Waals surface area contributed by atoms with Gasteiger partial charge in [0, 0.05) is 19.6 Å². The highest BCUT2D eigenvalue weighted by molar-refractivity contribution is 5.74. The lowest BCUT2D eigenvalue weighted by molar-refractivity contribution is 0.167. The van der Waals surface area contributed by atoms with Crippen molar-refractivity contribution in [2.24, 2.45) is 5.92 Å². The number of benzene rings is 1. The van der Waals surface area contributed by atoms with Gasteiger partial charge in [-0.2, -0.15) is 0 Å². The van der Waals surface area contributed by atoms with Gasteiger partial charge >= 0.3 is 6.03 Å². The first-order chi connectivity index (χ1) is 11.6. The van der Waals surface area contributed by atoms with Gasteiger partial charge in [-0.1, -0.05) is 38.7 Å². The van der Waals surface area contributed by atoms with Crippen molar-refractivity contribution in [2.45, 2.75) is 52.0 Å². The van der Waals surface area contributed by atoms with Gasteiger partial charge in [0.1, 0.15) is 0 Å². The number of aromatic hydroxyl groups is 1. The Labute approximate surface area is 145 Å². The quantitative estimate of drug-likeness (QED) is 0.743. The zero-order valence-corrected chi connectivity index (χ0v) is 14.9. The lowest BCUT2D eigenvalue weighted by atomic mass is 9.91. The lowest BCUT2D eigenvalue weighted by Crippen LogP contribution is -2.44. The minimum atomic E-state index is -0.00551. The number of likely N-dealkylation sites (tertiary alicyclic amines) is 1. The van der Waals surface area contributed by atoms with Crippen molar-refractivity contribution in [1.82, 2.24) is 10.2 Å². The topological polar surface area (TPSA) is 61.8 Å². The standard InChI is InChI=1S/C19H30N2O3/c1-3-4-5-6-15-9-11-21(12-10-15)19(23)20-14-16-7-8-17(22)18(13-16)24-2/h7-8,13,15,22H,3-6,9-12,14H2,1-2H3,(H,20,23). The summed E-state index contributed by atoms with van der Waals surface area (Å²) in [4.78, 5) is 14.2. The van der Waals surface area contributed by atoms with E-state index in [9.17, 15) is 9.90 Å². The Hall–Kier alpha value is -1.91. The number of carbonyl (C=O) groups is 1. The Morgan fingerprint density at radius 1 is 1.33 bits per heavy atom. The van der Waals surface area contributed by atoms with E-state index in [-0.39, 0.29) is 11.8 Å². The van der Waals surface area contributed by atoms with Crippen LogP contribution in [0.2, 0.25) is 0 Å². The molecule has 0 radical (unpaired) electrons. The van der Waals surface area contributed by atoms with E-state index in [1.54, 1.807) is 18.2 Å². The van der Waals surface area contributed by atoms with Crippen molar-refractivity contribution in [2.75, 3.05) is 20.2 Å². The number of unbranched alkanes of at least 4 members (excludes halogenated alkanes) is 2. The molecule has 24 heavy (non-hydrogen) atoms. The van der Waals surface area contributed by atoms with Crippen molar-refractivity contribution in [1.29, 1.82) is 0 Å². The van der Waals surface area contributed by atoms with Crippen LogP contribution in [0.15, 0.2) is 18.2 Å². The largest absolute Gasteiger partial charge is 0.504 e. The average Bonchev–Trinajstić information content (AvgIpc) is 2.61. The summed E-state index contributed by atoms with van der Waals surface area (Å²) in [5.74, 6) is 1.31. The van der Waals surface area contributed by atoms with Gasteiger partial charge in [0.2, 0.25) is 0 Å². The number of nitrogens with one attached hydrogen (secondary N) is 1. The molecule has 0 saturated carbocycles. The highest BCUT2D eigenvalue weighted by Gasteiger charge is 2.22. The second kappa shape index (κ2) is 9.40. The van der Waals surface area contributed by atoms with E-state index in [1.165, 1.54) is 32.8 Å². The number of rotatable bonds is 7. The molecule has 0 bridgehead atoms. The fourth-order valence-electron chi connectivity index (χ4n) is 3.23. The Balaban J connectivity index is 1.74. The van der Waals surface area contributed by atoms with E-state index in [4.69, 9.17) is 4.74 Å². The molecule has 0 aromatic heterocycles. The number of carbonyl (C=O) groups excluding carboxylic acids is 1. The number of urea groups is 1. The van der Waals surface area contributed by atoms with Gasteiger partial charge in [-0.3, -0.25) is 0 Å². The fourth-order valence-corrected chi connectivity index (χ4v) is 3.23. The van der Waals surface area contributed by atoms with Crippen LogP contribution in [-0.2, 0) is 6.54 Å². The molecule has 0 aliphatic carbocycles. The van der Waals surface area contributed by atoms with Crippen LogP contribution in [0.5, 0.6) is 11.5 Å². The summed E-state index contributed by atoms with van der Waals surface area (Å²) < 4.78 is 5.09. The molecule has 5 nitrogen and oxygen atoms in total. The third-order valence-electron chi connectivity index (χ3n) is 4.81.